The first kappa shape index (κ1) is 30.6. The van der Waals surface area contributed by atoms with E-state index in [9.17, 15) is 0 Å². The molecule has 256 valence electrons. The second-order valence-corrected chi connectivity index (χ2v) is 17.7. The number of hydrogen-bond acceptors (Lipinski definition) is 8. The topological polar surface area (TPSA) is 13.0 Å². The van der Waals surface area contributed by atoms with Crippen LogP contribution in [0.4, 0.5) is 42.8 Å². The van der Waals surface area contributed by atoms with Crippen LogP contribution in [0.15, 0.2) is 182 Å². The Morgan fingerprint density at radius 2 is 0.481 bits per heavy atom. The summed E-state index contributed by atoms with van der Waals surface area (Å²) in [6.07, 6.45) is 0. The molecule has 0 saturated heterocycles. The summed E-state index contributed by atoms with van der Waals surface area (Å²) in [5.41, 5.74) is 4.64. The molecule has 0 unspecified atom stereocenters. The van der Waals surface area contributed by atoms with Gasteiger partial charge in [-0.25, -0.2) is 0 Å². The average Bonchev–Trinajstić information content (AvgIpc) is 4.06. The van der Waals surface area contributed by atoms with Crippen LogP contribution >= 0.6 is 45.3 Å². The van der Waals surface area contributed by atoms with Crippen LogP contribution in [0, 0.1) is 0 Å². The lowest BCUT2D eigenvalue weighted by Gasteiger charge is -2.32. The van der Waals surface area contributed by atoms with Gasteiger partial charge in [-0.1, -0.05) is 97.1 Å². The third kappa shape index (κ3) is 4.52. The fourth-order valence-electron chi connectivity index (χ4n) is 7.95. The molecule has 0 spiro atoms. The summed E-state index contributed by atoms with van der Waals surface area (Å²) in [5, 5.41) is 9.71. The summed E-state index contributed by atoms with van der Waals surface area (Å²) in [6.45, 7) is 0. The van der Waals surface area contributed by atoms with Crippen molar-refractivity contribution in [2.75, 3.05) is 19.6 Å². The number of para-hydroxylation sites is 4. The zero-order valence-corrected chi connectivity index (χ0v) is 31.9. The SMILES string of the molecule is c1ccc2c(c1)N(c1cc3ccccc3s1)C(=C1N(c3cc4ccccc4s3)c3ccccc3N1c1cc3ccccc3s1)N2c1cc2ccccc2s1. The van der Waals surface area contributed by atoms with Crippen molar-refractivity contribution in [1.82, 2.24) is 0 Å². The molecule has 0 atom stereocenters. The largest absolute Gasteiger partial charge is 0.282 e. The van der Waals surface area contributed by atoms with Gasteiger partial charge in [0.1, 0.15) is 20.0 Å². The zero-order valence-electron chi connectivity index (χ0n) is 28.6. The molecule has 4 nitrogen and oxygen atoms in total. The van der Waals surface area contributed by atoms with E-state index >= 15 is 0 Å². The molecule has 4 aromatic heterocycles. The molecule has 54 heavy (non-hydrogen) atoms. The Kier molecular flexibility index (Phi) is 6.68. The lowest BCUT2D eigenvalue weighted by Crippen LogP contribution is -2.32. The van der Waals surface area contributed by atoms with Gasteiger partial charge in [0, 0.05) is 18.8 Å². The summed E-state index contributed by atoms with van der Waals surface area (Å²) >= 11 is 7.38. The van der Waals surface area contributed by atoms with Gasteiger partial charge in [0.05, 0.1) is 22.7 Å². The molecule has 10 aromatic rings. The first-order valence-electron chi connectivity index (χ1n) is 17.8. The molecule has 0 aliphatic carbocycles. The number of anilines is 8. The summed E-state index contributed by atoms with van der Waals surface area (Å²) in [7, 11) is 0. The van der Waals surface area contributed by atoms with Gasteiger partial charge in [-0.3, -0.25) is 19.6 Å². The molecule has 0 saturated carbocycles. The third-order valence-corrected chi connectivity index (χ3v) is 14.7. The van der Waals surface area contributed by atoms with Gasteiger partial charge in [0.2, 0.25) is 0 Å². The monoisotopic (exact) mass is 764 g/mol. The van der Waals surface area contributed by atoms with Crippen molar-refractivity contribution in [3.63, 3.8) is 0 Å². The quantitative estimate of drug-likeness (QED) is 0.177. The Bertz CT molecular complexity index is 2580. The van der Waals surface area contributed by atoms with Crippen LogP contribution in [0.2, 0.25) is 0 Å². The molecular formula is C46H28N4S4. The maximum absolute atomic E-state index is 2.52. The molecule has 6 heterocycles. The molecule has 2 aliphatic rings. The minimum atomic E-state index is 1.10. The zero-order chi connectivity index (χ0) is 35.3. The standard InChI is InChI=1S/C46H28N4S4/c1-9-21-37-29(13-1)25-41(51-37)47-33-17-5-6-18-34(33)48(42-26-30-14-2-10-22-38(30)52-42)45(47)46-49(43-27-31-15-3-11-23-39(31)53-43)35-19-7-8-20-36(35)50(46)44-28-32-16-4-12-24-40(32)54-44/h1-28H. The molecule has 0 radical (unpaired) electrons. The molecule has 8 heteroatoms. The summed E-state index contributed by atoms with van der Waals surface area (Å²) < 4.78 is 5.08. The van der Waals surface area contributed by atoms with E-state index in [1.54, 1.807) is 0 Å². The van der Waals surface area contributed by atoms with Crippen LogP contribution in [0.25, 0.3) is 40.3 Å². The smallest absolute Gasteiger partial charge is 0.167 e. The predicted octanol–water partition coefficient (Wildman–Crippen LogP) is 15.0. The minimum absolute atomic E-state index is 1.10. The second kappa shape index (κ2) is 11.8. The molecule has 12 rings (SSSR count). The highest BCUT2D eigenvalue weighted by atomic mass is 32.1. The van der Waals surface area contributed by atoms with Crippen molar-refractivity contribution in [1.29, 1.82) is 0 Å². The summed E-state index contributed by atoms with van der Waals surface area (Å²) in [4.78, 5) is 10.1. The number of thiophene rings is 4. The van der Waals surface area contributed by atoms with Crippen molar-refractivity contribution in [2.45, 2.75) is 0 Å². The number of hydrogen-bond donors (Lipinski definition) is 0. The number of benzene rings is 6. The van der Waals surface area contributed by atoms with Crippen molar-refractivity contribution in [2.24, 2.45) is 0 Å². The highest BCUT2D eigenvalue weighted by molar-refractivity contribution is 7.24. The molecule has 2 aliphatic heterocycles. The molecule has 0 bridgehead atoms. The summed E-state index contributed by atoms with van der Waals surface area (Å²) in [5.74, 6) is 2.20. The van der Waals surface area contributed by atoms with Crippen LogP contribution < -0.4 is 19.6 Å². The lowest BCUT2D eigenvalue weighted by atomic mass is 10.2. The Morgan fingerprint density at radius 3 is 0.722 bits per heavy atom. The molecule has 0 N–H and O–H groups in total. The van der Waals surface area contributed by atoms with E-state index in [1.165, 1.54) is 60.3 Å². The van der Waals surface area contributed by atoms with Crippen molar-refractivity contribution >= 4 is 128 Å². The van der Waals surface area contributed by atoms with Crippen LogP contribution in [0.1, 0.15) is 0 Å². The number of fused-ring (bicyclic) bond motifs is 6. The van der Waals surface area contributed by atoms with Crippen LogP contribution in [-0.2, 0) is 0 Å². The van der Waals surface area contributed by atoms with Crippen molar-refractivity contribution in [3.05, 3.63) is 182 Å². The fourth-order valence-corrected chi connectivity index (χ4v) is 12.3. The second-order valence-electron chi connectivity index (χ2n) is 13.5. The maximum Gasteiger partial charge on any atom is 0.167 e. The van der Waals surface area contributed by atoms with E-state index in [2.05, 4.69) is 189 Å². The highest BCUT2D eigenvalue weighted by Crippen LogP contribution is 2.60. The maximum atomic E-state index is 2.52. The fraction of sp³-hybridized carbons (Fsp3) is 0. The Hall–Kier alpha value is -5.90. The first-order chi connectivity index (χ1) is 26.8. The van der Waals surface area contributed by atoms with E-state index in [4.69, 9.17) is 0 Å². The van der Waals surface area contributed by atoms with Gasteiger partial charge in [0.25, 0.3) is 0 Å². The minimum Gasteiger partial charge on any atom is -0.282 e. The number of nitrogens with zero attached hydrogens (tertiary/aromatic N) is 4. The Balaban J connectivity index is 1.23. The van der Waals surface area contributed by atoms with Gasteiger partial charge >= 0.3 is 0 Å². The van der Waals surface area contributed by atoms with Crippen LogP contribution in [0.5, 0.6) is 0 Å². The van der Waals surface area contributed by atoms with E-state index in [-0.39, 0.29) is 0 Å². The van der Waals surface area contributed by atoms with Gasteiger partial charge in [-0.15, -0.1) is 45.3 Å². The predicted molar refractivity (Wildman–Crippen MR) is 236 cm³/mol. The van der Waals surface area contributed by atoms with Gasteiger partial charge in [-0.05, 0) is 94.3 Å². The molecular weight excluding hydrogens is 737 g/mol. The average molecular weight is 765 g/mol. The first-order valence-corrected chi connectivity index (χ1v) is 21.1. The summed E-state index contributed by atoms with van der Waals surface area (Å²) in [6, 6.07) is 62.3. The van der Waals surface area contributed by atoms with E-state index in [1.807, 2.05) is 45.3 Å². The number of rotatable bonds is 4. The van der Waals surface area contributed by atoms with Crippen molar-refractivity contribution in [3.8, 4) is 0 Å². The van der Waals surface area contributed by atoms with E-state index < -0.39 is 0 Å². The van der Waals surface area contributed by atoms with Gasteiger partial charge in [0.15, 0.2) is 11.6 Å². The van der Waals surface area contributed by atoms with E-state index in [0.717, 1.165) is 34.4 Å². The Labute approximate surface area is 327 Å². The lowest BCUT2D eigenvalue weighted by molar-refractivity contribution is 1.03. The van der Waals surface area contributed by atoms with Gasteiger partial charge < -0.3 is 0 Å². The van der Waals surface area contributed by atoms with E-state index in [0.29, 0.717) is 0 Å². The van der Waals surface area contributed by atoms with Gasteiger partial charge in [-0.2, -0.15) is 0 Å². The van der Waals surface area contributed by atoms with Crippen LogP contribution in [-0.4, -0.2) is 0 Å². The van der Waals surface area contributed by atoms with Crippen molar-refractivity contribution < 1.29 is 0 Å². The molecule has 0 fully saturated rings. The third-order valence-electron chi connectivity index (χ3n) is 10.3. The highest BCUT2D eigenvalue weighted by Gasteiger charge is 2.45. The Morgan fingerprint density at radius 1 is 0.259 bits per heavy atom. The van der Waals surface area contributed by atoms with Crippen LogP contribution in [0.3, 0.4) is 0 Å². The normalized spacial score (nSPS) is 14.1. The molecule has 6 aromatic carbocycles. The molecule has 0 amide bonds.